The summed E-state index contributed by atoms with van der Waals surface area (Å²) >= 11 is 0. The topological polar surface area (TPSA) is 83.6 Å². The van der Waals surface area contributed by atoms with Gasteiger partial charge in [0.25, 0.3) is 0 Å². The first-order chi connectivity index (χ1) is 8.04. The van der Waals surface area contributed by atoms with E-state index in [0.717, 1.165) is 32.4 Å². The molecule has 0 aliphatic carbocycles. The molecule has 5 nitrogen and oxygen atoms in total. The molecule has 0 spiro atoms. The van der Waals surface area contributed by atoms with E-state index in [0.29, 0.717) is 18.8 Å². The minimum Gasteiger partial charge on any atom is -0.480 e. The molecule has 1 saturated heterocycles. The summed E-state index contributed by atoms with van der Waals surface area (Å²) in [5, 5.41) is 9.15. The molecule has 1 aliphatic heterocycles. The van der Waals surface area contributed by atoms with Gasteiger partial charge < -0.3 is 10.8 Å². The highest BCUT2D eigenvalue weighted by atomic mass is 16.4. The number of carbonyl (C=O) groups is 2. The van der Waals surface area contributed by atoms with Crippen molar-refractivity contribution in [2.75, 3.05) is 13.1 Å². The SMILES string of the molecule is CCCC(C(=O)O)N1CCC(CC(N)=O)CC1. The fraction of sp³-hybridized carbons (Fsp3) is 0.833. The summed E-state index contributed by atoms with van der Waals surface area (Å²) in [5.74, 6) is -0.660. The molecule has 1 atom stereocenters. The van der Waals surface area contributed by atoms with E-state index in [4.69, 9.17) is 10.8 Å². The van der Waals surface area contributed by atoms with Crippen LogP contribution in [0.15, 0.2) is 0 Å². The molecule has 0 aromatic rings. The van der Waals surface area contributed by atoms with E-state index < -0.39 is 5.97 Å². The van der Waals surface area contributed by atoms with Crippen molar-refractivity contribution in [3.05, 3.63) is 0 Å². The van der Waals surface area contributed by atoms with Crippen LogP contribution in [0.3, 0.4) is 0 Å². The predicted octanol–water partition coefficient (Wildman–Crippen LogP) is 0.827. The summed E-state index contributed by atoms with van der Waals surface area (Å²) < 4.78 is 0. The Morgan fingerprint density at radius 2 is 2.00 bits per heavy atom. The van der Waals surface area contributed by atoms with Crippen LogP contribution in [0.5, 0.6) is 0 Å². The second kappa shape index (κ2) is 6.59. The number of hydrogen-bond donors (Lipinski definition) is 2. The Bertz CT molecular complexity index is 273. The molecule has 17 heavy (non-hydrogen) atoms. The number of piperidine rings is 1. The smallest absolute Gasteiger partial charge is 0.320 e. The van der Waals surface area contributed by atoms with Gasteiger partial charge in [0.05, 0.1) is 0 Å². The van der Waals surface area contributed by atoms with Crippen molar-refractivity contribution in [2.24, 2.45) is 11.7 Å². The van der Waals surface area contributed by atoms with E-state index in [1.54, 1.807) is 0 Å². The predicted molar refractivity (Wildman–Crippen MR) is 64.4 cm³/mol. The Labute approximate surface area is 102 Å². The van der Waals surface area contributed by atoms with Crippen molar-refractivity contribution < 1.29 is 14.7 Å². The second-order valence-corrected chi connectivity index (χ2v) is 4.79. The molecule has 0 radical (unpaired) electrons. The minimum absolute atomic E-state index is 0.258. The van der Waals surface area contributed by atoms with Crippen LogP contribution in [0.2, 0.25) is 0 Å². The maximum absolute atomic E-state index is 11.1. The van der Waals surface area contributed by atoms with E-state index in [-0.39, 0.29) is 11.9 Å². The molecule has 3 N–H and O–H groups in total. The third-order valence-corrected chi connectivity index (χ3v) is 3.43. The summed E-state index contributed by atoms with van der Waals surface area (Å²) in [6.07, 6.45) is 3.74. The monoisotopic (exact) mass is 242 g/mol. The lowest BCUT2D eigenvalue weighted by Crippen LogP contribution is -2.46. The van der Waals surface area contributed by atoms with Crippen LogP contribution in [0.4, 0.5) is 0 Å². The van der Waals surface area contributed by atoms with E-state index in [9.17, 15) is 9.59 Å². The van der Waals surface area contributed by atoms with Gasteiger partial charge in [-0.2, -0.15) is 0 Å². The number of amides is 1. The summed E-state index contributed by atoms with van der Waals surface area (Å²) in [5.41, 5.74) is 5.17. The van der Waals surface area contributed by atoms with Gasteiger partial charge in [0.2, 0.25) is 5.91 Å². The molecule has 0 aromatic heterocycles. The lowest BCUT2D eigenvalue weighted by molar-refractivity contribution is -0.144. The van der Waals surface area contributed by atoms with Crippen LogP contribution >= 0.6 is 0 Å². The Hall–Kier alpha value is -1.10. The Balaban J connectivity index is 2.43. The molecule has 98 valence electrons. The highest BCUT2D eigenvalue weighted by Crippen LogP contribution is 2.23. The number of carboxylic acid groups (broad SMARTS) is 1. The van der Waals surface area contributed by atoms with Gasteiger partial charge in [-0.25, -0.2) is 0 Å². The second-order valence-electron chi connectivity index (χ2n) is 4.79. The Morgan fingerprint density at radius 1 is 1.41 bits per heavy atom. The molecule has 5 heteroatoms. The van der Waals surface area contributed by atoms with Crippen LogP contribution in [0.1, 0.15) is 39.0 Å². The highest BCUT2D eigenvalue weighted by Gasteiger charge is 2.29. The van der Waals surface area contributed by atoms with Gasteiger partial charge in [-0.1, -0.05) is 13.3 Å². The number of rotatable bonds is 6. The summed E-state index contributed by atoms with van der Waals surface area (Å²) in [6, 6.07) is -0.366. The summed E-state index contributed by atoms with van der Waals surface area (Å²) in [7, 11) is 0. The van der Waals surface area contributed by atoms with Crippen molar-refractivity contribution >= 4 is 11.9 Å². The molecule has 0 aromatic carbocycles. The van der Waals surface area contributed by atoms with Crippen LogP contribution in [-0.2, 0) is 9.59 Å². The lowest BCUT2D eigenvalue weighted by atomic mass is 9.92. The number of carboxylic acids is 1. The molecule has 1 heterocycles. The highest BCUT2D eigenvalue weighted by molar-refractivity contribution is 5.74. The first-order valence-electron chi connectivity index (χ1n) is 6.29. The van der Waals surface area contributed by atoms with Crippen LogP contribution < -0.4 is 5.73 Å². The fourth-order valence-electron chi connectivity index (χ4n) is 2.49. The van der Waals surface area contributed by atoms with E-state index in [2.05, 4.69) is 0 Å². The van der Waals surface area contributed by atoms with E-state index >= 15 is 0 Å². The first kappa shape index (κ1) is 14.0. The van der Waals surface area contributed by atoms with Gasteiger partial charge in [-0.15, -0.1) is 0 Å². The zero-order chi connectivity index (χ0) is 12.8. The number of carbonyl (C=O) groups excluding carboxylic acids is 1. The zero-order valence-electron chi connectivity index (χ0n) is 10.4. The maximum atomic E-state index is 11.1. The molecule has 1 amide bonds. The standard InChI is InChI=1S/C12H22N2O3/c1-2-3-10(12(16)17)14-6-4-9(5-7-14)8-11(13)15/h9-10H,2-8H2,1H3,(H2,13,15)(H,16,17). The molecule has 1 rings (SSSR count). The van der Waals surface area contributed by atoms with Crippen LogP contribution in [0, 0.1) is 5.92 Å². The van der Waals surface area contributed by atoms with E-state index in [1.165, 1.54) is 0 Å². The molecule has 1 unspecified atom stereocenters. The van der Waals surface area contributed by atoms with Gasteiger partial charge in [-0.3, -0.25) is 14.5 Å². The van der Waals surface area contributed by atoms with Gasteiger partial charge in [0.1, 0.15) is 6.04 Å². The Kier molecular flexibility index (Phi) is 5.41. The molecule has 1 fully saturated rings. The largest absolute Gasteiger partial charge is 0.480 e. The van der Waals surface area contributed by atoms with Crippen LogP contribution in [0.25, 0.3) is 0 Å². The number of hydrogen-bond acceptors (Lipinski definition) is 3. The number of nitrogens with zero attached hydrogens (tertiary/aromatic N) is 1. The minimum atomic E-state index is -0.736. The third kappa shape index (κ3) is 4.34. The lowest BCUT2D eigenvalue weighted by Gasteiger charge is -2.35. The molecule has 0 saturated carbocycles. The number of nitrogens with two attached hydrogens (primary N) is 1. The maximum Gasteiger partial charge on any atom is 0.320 e. The average molecular weight is 242 g/mol. The van der Waals surface area contributed by atoms with Crippen molar-refractivity contribution in [3.8, 4) is 0 Å². The third-order valence-electron chi connectivity index (χ3n) is 3.43. The van der Waals surface area contributed by atoms with Gasteiger partial charge >= 0.3 is 5.97 Å². The van der Waals surface area contributed by atoms with Crippen molar-refractivity contribution in [1.29, 1.82) is 0 Å². The zero-order valence-corrected chi connectivity index (χ0v) is 10.4. The van der Waals surface area contributed by atoms with Gasteiger partial charge in [0, 0.05) is 6.42 Å². The molecule has 0 bridgehead atoms. The molecular weight excluding hydrogens is 220 g/mol. The average Bonchev–Trinajstić information content (AvgIpc) is 2.26. The summed E-state index contributed by atoms with van der Waals surface area (Å²) in [6.45, 7) is 3.51. The van der Waals surface area contributed by atoms with Crippen molar-refractivity contribution in [1.82, 2.24) is 4.90 Å². The van der Waals surface area contributed by atoms with Gasteiger partial charge in [0.15, 0.2) is 0 Å². The molecular formula is C12H22N2O3. The quantitative estimate of drug-likeness (QED) is 0.722. The normalized spacial score (nSPS) is 20.1. The number of aliphatic carboxylic acids is 1. The van der Waals surface area contributed by atoms with Gasteiger partial charge in [-0.05, 0) is 38.3 Å². The fourth-order valence-corrected chi connectivity index (χ4v) is 2.49. The summed E-state index contributed by atoms with van der Waals surface area (Å²) in [4.78, 5) is 24.0. The van der Waals surface area contributed by atoms with Crippen molar-refractivity contribution in [2.45, 2.75) is 45.1 Å². The Morgan fingerprint density at radius 3 is 2.41 bits per heavy atom. The van der Waals surface area contributed by atoms with Crippen LogP contribution in [-0.4, -0.2) is 41.0 Å². The van der Waals surface area contributed by atoms with E-state index in [1.807, 2.05) is 11.8 Å². The molecule has 1 aliphatic rings. The first-order valence-corrected chi connectivity index (χ1v) is 6.29. The number of likely N-dealkylation sites (tertiary alicyclic amines) is 1. The number of primary amides is 1. The van der Waals surface area contributed by atoms with Crippen molar-refractivity contribution in [3.63, 3.8) is 0 Å².